The molecule has 0 bridgehead atoms. The van der Waals surface area contributed by atoms with E-state index in [2.05, 4.69) is 60.0 Å². The molecule has 0 aromatic heterocycles. The summed E-state index contributed by atoms with van der Waals surface area (Å²) in [7, 11) is 0. The molecular weight excluding hydrogens is 412 g/mol. The second-order valence-electron chi connectivity index (χ2n) is 8.08. The predicted molar refractivity (Wildman–Crippen MR) is 134 cm³/mol. The summed E-state index contributed by atoms with van der Waals surface area (Å²) in [6, 6.07) is 26.8. The third-order valence-corrected chi connectivity index (χ3v) is 5.74. The Morgan fingerprint density at radius 2 is 1.42 bits per heavy atom. The van der Waals surface area contributed by atoms with Crippen molar-refractivity contribution in [2.24, 2.45) is 0 Å². The number of ether oxygens (including phenoxy) is 3. The highest BCUT2D eigenvalue weighted by molar-refractivity contribution is 6.04. The quantitative estimate of drug-likeness (QED) is 0.305. The summed E-state index contributed by atoms with van der Waals surface area (Å²) >= 11 is 0. The molecule has 1 aliphatic heterocycles. The van der Waals surface area contributed by atoms with Crippen LogP contribution in [0.15, 0.2) is 78.9 Å². The third kappa shape index (κ3) is 4.53. The zero-order valence-electron chi connectivity index (χ0n) is 18.9. The van der Waals surface area contributed by atoms with Crippen LogP contribution in [0.3, 0.4) is 0 Å². The molecule has 5 nitrogen and oxygen atoms in total. The third-order valence-electron chi connectivity index (χ3n) is 5.74. The van der Waals surface area contributed by atoms with Gasteiger partial charge in [-0.25, -0.2) is 0 Å². The molecule has 2 N–H and O–H groups in total. The van der Waals surface area contributed by atoms with Gasteiger partial charge < -0.3 is 24.8 Å². The SMILES string of the molecule is CCOc1cc(C2Nc3cccc4cccc(c34)N2)ccc1OCCOc1ccc(C)cc1. The van der Waals surface area contributed by atoms with E-state index in [1.165, 1.54) is 16.3 Å². The second kappa shape index (κ2) is 9.33. The Hall–Kier alpha value is -3.86. The zero-order chi connectivity index (χ0) is 22.6. The van der Waals surface area contributed by atoms with E-state index < -0.39 is 0 Å². The van der Waals surface area contributed by atoms with Crippen LogP contribution in [0.2, 0.25) is 0 Å². The standard InChI is InChI=1S/C28H28N2O3/c1-3-31-26-18-21(12-15-25(26)33-17-16-32-22-13-10-19(2)11-14-22)28-29-23-8-4-6-20-7-5-9-24(30-28)27(20)23/h4-15,18,28-30H,3,16-17H2,1-2H3. The average Bonchev–Trinajstić information content (AvgIpc) is 2.84. The fraction of sp³-hybridized carbons (Fsp3) is 0.214. The molecule has 4 aromatic carbocycles. The lowest BCUT2D eigenvalue weighted by Gasteiger charge is -2.30. The molecule has 168 valence electrons. The molecule has 1 aliphatic rings. The van der Waals surface area contributed by atoms with Gasteiger partial charge in [0.2, 0.25) is 0 Å². The second-order valence-corrected chi connectivity index (χ2v) is 8.08. The highest BCUT2D eigenvalue weighted by Crippen LogP contribution is 2.40. The first kappa shape index (κ1) is 21.0. The van der Waals surface area contributed by atoms with Crippen LogP contribution < -0.4 is 24.8 Å². The number of hydrogen-bond donors (Lipinski definition) is 2. The van der Waals surface area contributed by atoms with Crippen LogP contribution in [0.1, 0.15) is 24.2 Å². The molecule has 0 unspecified atom stereocenters. The minimum Gasteiger partial charge on any atom is -0.490 e. The Balaban J connectivity index is 1.29. The normalized spacial score (nSPS) is 12.7. The van der Waals surface area contributed by atoms with Gasteiger partial charge >= 0.3 is 0 Å². The molecule has 0 aliphatic carbocycles. The van der Waals surface area contributed by atoms with E-state index in [1.54, 1.807) is 0 Å². The van der Waals surface area contributed by atoms with Gasteiger partial charge in [-0.15, -0.1) is 0 Å². The van der Waals surface area contributed by atoms with Crippen LogP contribution in [0.25, 0.3) is 10.8 Å². The van der Waals surface area contributed by atoms with Crippen molar-refractivity contribution in [2.75, 3.05) is 30.5 Å². The summed E-state index contributed by atoms with van der Waals surface area (Å²) in [6.07, 6.45) is -0.0661. The Labute approximate surface area is 194 Å². The van der Waals surface area contributed by atoms with E-state index >= 15 is 0 Å². The van der Waals surface area contributed by atoms with Crippen molar-refractivity contribution < 1.29 is 14.2 Å². The molecule has 5 rings (SSSR count). The van der Waals surface area contributed by atoms with Crippen molar-refractivity contribution >= 4 is 22.1 Å². The van der Waals surface area contributed by atoms with E-state index in [0.717, 1.165) is 28.4 Å². The molecule has 0 radical (unpaired) electrons. The maximum absolute atomic E-state index is 5.99. The molecule has 4 aromatic rings. The van der Waals surface area contributed by atoms with Gasteiger partial charge in [0.1, 0.15) is 25.1 Å². The summed E-state index contributed by atoms with van der Waals surface area (Å²) in [5.74, 6) is 2.28. The monoisotopic (exact) mass is 440 g/mol. The summed E-state index contributed by atoms with van der Waals surface area (Å²) in [5, 5.41) is 9.66. The van der Waals surface area contributed by atoms with Crippen LogP contribution in [0, 0.1) is 6.92 Å². The lowest BCUT2D eigenvalue weighted by molar-refractivity contribution is 0.208. The molecule has 0 amide bonds. The summed E-state index contributed by atoms with van der Waals surface area (Å²) in [4.78, 5) is 0. The first-order valence-corrected chi connectivity index (χ1v) is 11.3. The fourth-order valence-electron chi connectivity index (χ4n) is 4.13. The summed E-state index contributed by atoms with van der Waals surface area (Å²) < 4.78 is 17.7. The Morgan fingerprint density at radius 1 is 0.727 bits per heavy atom. The van der Waals surface area contributed by atoms with E-state index in [4.69, 9.17) is 14.2 Å². The fourth-order valence-corrected chi connectivity index (χ4v) is 4.13. The molecule has 33 heavy (non-hydrogen) atoms. The van der Waals surface area contributed by atoms with Crippen LogP contribution in [0.5, 0.6) is 17.2 Å². The van der Waals surface area contributed by atoms with Gasteiger partial charge in [-0.2, -0.15) is 0 Å². The van der Waals surface area contributed by atoms with Gasteiger partial charge in [0.25, 0.3) is 0 Å². The first-order valence-electron chi connectivity index (χ1n) is 11.3. The van der Waals surface area contributed by atoms with Gasteiger partial charge in [-0.05, 0) is 61.2 Å². The zero-order valence-corrected chi connectivity index (χ0v) is 18.9. The van der Waals surface area contributed by atoms with E-state index in [0.29, 0.717) is 25.6 Å². The van der Waals surface area contributed by atoms with Crippen molar-refractivity contribution in [3.05, 3.63) is 90.0 Å². The highest BCUT2D eigenvalue weighted by Gasteiger charge is 2.21. The maximum atomic E-state index is 5.99. The average molecular weight is 441 g/mol. The number of anilines is 2. The van der Waals surface area contributed by atoms with E-state index in [1.807, 2.05) is 43.3 Å². The molecular formula is C28H28N2O3. The van der Waals surface area contributed by atoms with E-state index in [9.17, 15) is 0 Å². The highest BCUT2D eigenvalue weighted by atomic mass is 16.5. The largest absolute Gasteiger partial charge is 0.490 e. The molecule has 0 saturated heterocycles. The smallest absolute Gasteiger partial charge is 0.161 e. The Kier molecular flexibility index (Phi) is 5.94. The van der Waals surface area contributed by atoms with Crippen molar-refractivity contribution in [1.29, 1.82) is 0 Å². The minimum atomic E-state index is -0.0661. The number of hydrogen-bond acceptors (Lipinski definition) is 5. The predicted octanol–water partition coefficient (Wildman–Crippen LogP) is 6.54. The molecule has 1 heterocycles. The number of rotatable bonds is 8. The van der Waals surface area contributed by atoms with Gasteiger partial charge in [-0.3, -0.25) is 0 Å². The van der Waals surface area contributed by atoms with Crippen molar-refractivity contribution in [3.8, 4) is 17.2 Å². The van der Waals surface area contributed by atoms with Gasteiger partial charge in [-0.1, -0.05) is 48.0 Å². The lowest BCUT2D eigenvalue weighted by atomic mass is 10.0. The van der Waals surface area contributed by atoms with Crippen molar-refractivity contribution in [2.45, 2.75) is 20.0 Å². The molecule has 0 fully saturated rings. The molecule has 0 atom stereocenters. The maximum Gasteiger partial charge on any atom is 0.161 e. The van der Waals surface area contributed by atoms with Gasteiger partial charge in [0.15, 0.2) is 11.5 Å². The summed E-state index contributed by atoms with van der Waals surface area (Å²) in [5.41, 5.74) is 4.53. The lowest BCUT2D eigenvalue weighted by Crippen LogP contribution is -2.23. The van der Waals surface area contributed by atoms with Crippen LogP contribution in [-0.4, -0.2) is 19.8 Å². The van der Waals surface area contributed by atoms with Gasteiger partial charge in [0, 0.05) is 16.8 Å². The van der Waals surface area contributed by atoms with Gasteiger partial charge in [0.05, 0.1) is 6.61 Å². The first-order chi connectivity index (χ1) is 16.2. The van der Waals surface area contributed by atoms with E-state index in [-0.39, 0.29) is 6.17 Å². The van der Waals surface area contributed by atoms with Crippen LogP contribution in [-0.2, 0) is 0 Å². The topological polar surface area (TPSA) is 51.8 Å². The van der Waals surface area contributed by atoms with Crippen LogP contribution >= 0.6 is 0 Å². The molecule has 0 saturated carbocycles. The Morgan fingerprint density at radius 3 is 2.12 bits per heavy atom. The van der Waals surface area contributed by atoms with Crippen molar-refractivity contribution in [1.82, 2.24) is 0 Å². The minimum absolute atomic E-state index is 0.0661. The summed E-state index contributed by atoms with van der Waals surface area (Å²) in [6.45, 7) is 5.49. The molecule has 5 heteroatoms. The molecule has 0 spiro atoms. The number of nitrogens with one attached hydrogen (secondary N) is 2. The number of benzene rings is 4. The van der Waals surface area contributed by atoms with Crippen LogP contribution in [0.4, 0.5) is 11.4 Å². The van der Waals surface area contributed by atoms with Crippen molar-refractivity contribution in [3.63, 3.8) is 0 Å². The Bertz CT molecular complexity index is 1210. The number of aryl methyl sites for hydroxylation is 1.